The van der Waals surface area contributed by atoms with Gasteiger partial charge in [-0.3, -0.25) is 0 Å². The largest absolute Gasteiger partial charge is 0.307 e. The summed E-state index contributed by atoms with van der Waals surface area (Å²) in [5.41, 5.74) is 0.545. The van der Waals surface area contributed by atoms with Crippen molar-refractivity contribution in [3.05, 3.63) is 33.6 Å². The third-order valence-electron chi connectivity index (χ3n) is 2.59. The van der Waals surface area contributed by atoms with Gasteiger partial charge in [0.25, 0.3) is 0 Å². The zero-order valence-corrected chi connectivity index (χ0v) is 13.2. The lowest BCUT2D eigenvalue weighted by atomic mass is 10.1. The fraction of sp³-hybridized carbons (Fsp3) is 0.500. The molecule has 0 radical (unpaired) electrons. The minimum Gasteiger partial charge on any atom is -0.307 e. The number of halogens is 3. The van der Waals surface area contributed by atoms with Gasteiger partial charge in [-0.1, -0.05) is 23.2 Å². The molecule has 1 aromatic carbocycles. The van der Waals surface area contributed by atoms with Crippen LogP contribution in [0.5, 0.6) is 0 Å². The van der Waals surface area contributed by atoms with E-state index in [0.29, 0.717) is 10.6 Å². The molecule has 7 heteroatoms. The van der Waals surface area contributed by atoms with E-state index in [2.05, 4.69) is 5.32 Å². The quantitative estimate of drug-likeness (QED) is 0.844. The number of hydrogen-bond acceptors (Lipinski definition) is 3. The lowest BCUT2D eigenvalue weighted by Crippen LogP contribution is -2.34. The maximum atomic E-state index is 13.4. The molecule has 1 N–H and O–H groups in total. The molecule has 19 heavy (non-hydrogen) atoms. The molecule has 1 rings (SSSR count). The number of hydrogen-bond donors (Lipinski definition) is 1. The van der Waals surface area contributed by atoms with Crippen LogP contribution < -0.4 is 5.32 Å². The van der Waals surface area contributed by atoms with Gasteiger partial charge in [-0.2, -0.15) is 0 Å². The van der Waals surface area contributed by atoms with Crippen LogP contribution in [0.1, 0.15) is 25.5 Å². The van der Waals surface area contributed by atoms with E-state index in [1.54, 1.807) is 13.8 Å². The van der Waals surface area contributed by atoms with Gasteiger partial charge in [-0.05, 0) is 31.5 Å². The third-order valence-corrected chi connectivity index (χ3v) is 4.32. The Bertz CT molecular complexity index is 563. The third kappa shape index (κ3) is 5.26. The van der Waals surface area contributed by atoms with Gasteiger partial charge in [0.15, 0.2) is 0 Å². The molecule has 2 unspecified atom stereocenters. The molecule has 2 atom stereocenters. The van der Waals surface area contributed by atoms with E-state index in [-0.39, 0.29) is 22.9 Å². The summed E-state index contributed by atoms with van der Waals surface area (Å²) < 4.78 is 35.8. The smallest absolute Gasteiger partial charge is 0.148 e. The van der Waals surface area contributed by atoms with Crippen molar-refractivity contribution in [3.63, 3.8) is 0 Å². The van der Waals surface area contributed by atoms with Gasteiger partial charge >= 0.3 is 0 Å². The second-order valence-corrected chi connectivity index (χ2v) is 7.67. The van der Waals surface area contributed by atoms with Gasteiger partial charge in [-0.15, -0.1) is 0 Å². The summed E-state index contributed by atoms with van der Waals surface area (Å²) in [4.78, 5) is 0. The Hall–Kier alpha value is -0.360. The Labute approximate surface area is 123 Å². The van der Waals surface area contributed by atoms with E-state index in [0.717, 1.165) is 0 Å². The summed E-state index contributed by atoms with van der Waals surface area (Å²) in [6.45, 7) is 3.53. The SMILES string of the molecule is CC(CS(C)(=O)=O)NC(C)c1cc(F)c(Cl)cc1Cl. The van der Waals surface area contributed by atoms with Crippen LogP contribution in [0.25, 0.3) is 0 Å². The van der Waals surface area contributed by atoms with Gasteiger partial charge in [0.05, 0.1) is 10.8 Å². The Morgan fingerprint density at radius 2 is 1.84 bits per heavy atom. The van der Waals surface area contributed by atoms with Crippen molar-refractivity contribution in [1.82, 2.24) is 5.32 Å². The topological polar surface area (TPSA) is 46.2 Å². The van der Waals surface area contributed by atoms with E-state index in [1.807, 2.05) is 0 Å². The van der Waals surface area contributed by atoms with Crippen LogP contribution in [0.3, 0.4) is 0 Å². The molecule has 0 heterocycles. The highest BCUT2D eigenvalue weighted by Gasteiger charge is 2.17. The zero-order valence-electron chi connectivity index (χ0n) is 10.9. The number of nitrogens with one attached hydrogen (secondary N) is 1. The Morgan fingerprint density at radius 1 is 1.26 bits per heavy atom. The van der Waals surface area contributed by atoms with Gasteiger partial charge in [-0.25, -0.2) is 12.8 Å². The second kappa shape index (κ2) is 6.39. The predicted molar refractivity (Wildman–Crippen MR) is 77.1 cm³/mol. The van der Waals surface area contributed by atoms with Gasteiger partial charge in [0.2, 0.25) is 0 Å². The first-order valence-corrected chi connectivity index (χ1v) is 8.50. The molecule has 1 aromatic rings. The first-order valence-electron chi connectivity index (χ1n) is 5.68. The van der Waals surface area contributed by atoms with Crippen molar-refractivity contribution in [2.45, 2.75) is 25.9 Å². The van der Waals surface area contributed by atoms with Crippen molar-refractivity contribution in [2.75, 3.05) is 12.0 Å². The van der Waals surface area contributed by atoms with Gasteiger partial charge in [0.1, 0.15) is 15.7 Å². The molecule has 0 aliphatic rings. The molecule has 0 saturated carbocycles. The maximum absolute atomic E-state index is 13.4. The molecule has 108 valence electrons. The molecular weight excluding hydrogens is 312 g/mol. The summed E-state index contributed by atoms with van der Waals surface area (Å²) in [7, 11) is -3.07. The highest BCUT2D eigenvalue weighted by molar-refractivity contribution is 7.90. The van der Waals surface area contributed by atoms with Crippen molar-refractivity contribution < 1.29 is 12.8 Å². The van der Waals surface area contributed by atoms with Crippen LogP contribution in [0.4, 0.5) is 4.39 Å². The highest BCUT2D eigenvalue weighted by Crippen LogP contribution is 2.28. The van der Waals surface area contributed by atoms with Gasteiger partial charge in [0, 0.05) is 23.4 Å². The fourth-order valence-electron chi connectivity index (χ4n) is 1.89. The Balaban J connectivity index is 2.84. The fourth-order valence-corrected chi connectivity index (χ4v) is 3.44. The van der Waals surface area contributed by atoms with Crippen molar-refractivity contribution in [3.8, 4) is 0 Å². The predicted octanol–water partition coefficient (Wildman–Crippen LogP) is 3.22. The minimum absolute atomic E-state index is 0.00499. The molecule has 0 bridgehead atoms. The first-order chi connectivity index (χ1) is 8.60. The Morgan fingerprint density at radius 3 is 2.37 bits per heavy atom. The molecule has 0 amide bonds. The average Bonchev–Trinajstić information content (AvgIpc) is 2.20. The molecule has 0 saturated heterocycles. The first kappa shape index (κ1) is 16.7. The standard InChI is InChI=1S/C12H16Cl2FNO2S/c1-7(6-19(3,17)18)16-8(2)9-4-12(15)11(14)5-10(9)13/h4-5,7-8,16H,6H2,1-3H3. The van der Waals surface area contributed by atoms with Crippen LogP contribution in [-0.2, 0) is 9.84 Å². The van der Waals surface area contributed by atoms with Crippen LogP contribution >= 0.6 is 23.2 Å². The van der Waals surface area contributed by atoms with E-state index < -0.39 is 15.7 Å². The van der Waals surface area contributed by atoms with E-state index in [4.69, 9.17) is 23.2 Å². The molecule has 0 fully saturated rings. The molecule has 0 aliphatic carbocycles. The van der Waals surface area contributed by atoms with Crippen LogP contribution in [0, 0.1) is 5.82 Å². The van der Waals surface area contributed by atoms with Gasteiger partial charge < -0.3 is 5.32 Å². The minimum atomic E-state index is -3.07. The molecule has 0 aromatic heterocycles. The Kier molecular flexibility index (Phi) is 5.62. The second-order valence-electron chi connectivity index (χ2n) is 4.67. The summed E-state index contributed by atoms with van der Waals surface area (Å²) in [6.07, 6.45) is 1.17. The normalized spacial score (nSPS) is 15.3. The molecule has 3 nitrogen and oxygen atoms in total. The van der Waals surface area contributed by atoms with E-state index >= 15 is 0 Å². The number of rotatable bonds is 5. The average molecular weight is 328 g/mol. The van der Waals surface area contributed by atoms with E-state index in [9.17, 15) is 12.8 Å². The summed E-state index contributed by atoms with van der Waals surface area (Å²) in [5.74, 6) is -0.545. The van der Waals surface area contributed by atoms with Crippen LogP contribution in [0.15, 0.2) is 12.1 Å². The maximum Gasteiger partial charge on any atom is 0.148 e. The number of sulfone groups is 1. The summed E-state index contributed by atoms with van der Waals surface area (Å²) in [5, 5.41) is 3.38. The van der Waals surface area contributed by atoms with E-state index in [1.165, 1.54) is 18.4 Å². The highest BCUT2D eigenvalue weighted by atomic mass is 35.5. The van der Waals surface area contributed by atoms with Crippen LogP contribution in [-0.4, -0.2) is 26.5 Å². The lowest BCUT2D eigenvalue weighted by molar-refractivity contribution is 0.498. The monoisotopic (exact) mass is 327 g/mol. The summed E-state index contributed by atoms with van der Waals surface area (Å²) >= 11 is 11.6. The molecular formula is C12H16Cl2FNO2S. The van der Waals surface area contributed by atoms with Crippen molar-refractivity contribution in [1.29, 1.82) is 0 Å². The lowest BCUT2D eigenvalue weighted by Gasteiger charge is -2.21. The molecule has 0 spiro atoms. The zero-order chi connectivity index (χ0) is 14.8. The number of benzene rings is 1. The van der Waals surface area contributed by atoms with Crippen molar-refractivity contribution in [2.24, 2.45) is 0 Å². The van der Waals surface area contributed by atoms with Crippen molar-refractivity contribution >= 4 is 33.0 Å². The van der Waals surface area contributed by atoms with Crippen LogP contribution in [0.2, 0.25) is 10.0 Å². The summed E-state index contributed by atoms with van der Waals surface area (Å²) in [6, 6.07) is 2.05. The molecule has 0 aliphatic heterocycles.